The Morgan fingerprint density at radius 1 is 1.50 bits per heavy atom. The summed E-state index contributed by atoms with van der Waals surface area (Å²) in [4.78, 5) is 22.0. The molecule has 0 bridgehead atoms. The maximum absolute atomic E-state index is 12.8. The molecule has 0 radical (unpaired) electrons. The first-order valence-electron chi connectivity index (χ1n) is 7.14. The van der Waals surface area contributed by atoms with Crippen molar-refractivity contribution in [3.63, 3.8) is 0 Å². The predicted octanol–water partition coefficient (Wildman–Crippen LogP) is 2.61. The van der Waals surface area contributed by atoms with Gasteiger partial charge in [-0.2, -0.15) is 0 Å². The van der Waals surface area contributed by atoms with Gasteiger partial charge < -0.3 is 15.6 Å². The number of nitrogens with zero attached hydrogens (tertiary/aromatic N) is 2. The predicted molar refractivity (Wildman–Crippen MR) is 92.9 cm³/mol. The number of carbonyl (C=O) groups excluding carboxylic acids is 1. The van der Waals surface area contributed by atoms with Crippen LogP contribution in [0.15, 0.2) is 24.5 Å². The van der Waals surface area contributed by atoms with Crippen molar-refractivity contribution < 1.29 is 4.79 Å². The summed E-state index contributed by atoms with van der Waals surface area (Å²) in [7, 11) is 0. The number of carbonyl (C=O) groups is 1. The van der Waals surface area contributed by atoms with Crippen molar-refractivity contribution >= 4 is 41.8 Å². The molecule has 0 spiro atoms. The zero-order valence-electron chi connectivity index (χ0n) is 12.5. The molecule has 122 valence electrons. The molecule has 22 heavy (non-hydrogen) atoms. The van der Waals surface area contributed by atoms with E-state index in [9.17, 15) is 4.79 Å². The lowest BCUT2D eigenvalue weighted by molar-refractivity contribution is 0.0575. The summed E-state index contributed by atoms with van der Waals surface area (Å²) in [5.74, 6) is 0.698. The van der Waals surface area contributed by atoms with Crippen LogP contribution in [0.25, 0.3) is 11.0 Å². The summed E-state index contributed by atoms with van der Waals surface area (Å²) in [6.45, 7) is 3.53. The monoisotopic (exact) mass is 344 g/mol. The molecule has 1 saturated heterocycles. The van der Waals surface area contributed by atoms with Crippen LogP contribution in [0.5, 0.6) is 0 Å². The molecule has 1 aliphatic rings. The third kappa shape index (κ3) is 3.37. The smallest absolute Gasteiger partial charge is 0.256 e. The molecule has 2 atom stereocenters. The number of aromatic nitrogens is 2. The van der Waals surface area contributed by atoms with Crippen LogP contribution in [-0.4, -0.2) is 39.9 Å². The molecule has 2 aromatic rings. The number of nitrogens with one attached hydrogen (secondary N) is 1. The highest BCUT2D eigenvalue weighted by Gasteiger charge is 2.30. The molecule has 0 aliphatic carbocycles. The van der Waals surface area contributed by atoms with Gasteiger partial charge in [0.2, 0.25) is 0 Å². The van der Waals surface area contributed by atoms with E-state index in [0.717, 1.165) is 30.4 Å². The summed E-state index contributed by atoms with van der Waals surface area (Å²) >= 11 is 0. The Kier molecular flexibility index (Phi) is 6.66. The van der Waals surface area contributed by atoms with Crippen LogP contribution in [0.2, 0.25) is 0 Å². The lowest BCUT2D eigenvalue weighted by atomic mass is 9.92. The molecule has 5 nitrogen and oxygen atoms in total. The summed E-state index contributed by atoms with van der Waals surface area (Å²) < 4.78 is 0. The molecule has 3 rings (SSSR count). The standard InChI is InChI=1S/C15H20N4O.2ClH/c1-10-4-6-19(11(7-10)8-16)15(20)13-9-18-14-12(13)3-2-5-17-14;;/h2-3,5,9-11H,4,6-8,16H2,1H3,(H,17,18);2*1H. The highest BCUT2D eigenvalue weighted by atomic mass is 35.5. The van der Waals surface area contributed by atoms with Gasteiger partial charge in [0.1, 0.15) is 5.65 Å². The topological polar surface area (TPSA) is 75.0 Å². The van der Waals surface area contributed by atoms with E-state index in [2.05, 4.69) is 16.9 Å². The van der Waals surface area contributed by atoms with Crippen LogP contribution in [-0.2, 0) is 0 Å². The molecular weight excluding hydrogens is 323 g/mol. The van der Waals surface area contributed by atoms with Gasteiger partial charge in [-0.3, -0.25) is 4.79 Å². The average molecular weight is 345 g/mol. The first-order valence-corrected chi connectivity index (χ1v) is 7.14. The van der Waals surface area contributed by atoms with Crippen LogP contribution >= 0.6 is 24.8 Å². The van der Waals surface area contributed by atoms with Crippen molar-refractivity contribution in [1.82, 2.24) is 14.9 Å². The van der Waals surface area contributed by atoms with Crippen LogP contribution in [0.4, 0.5) is 0 Å². The molecule has 2 unspecified atom stereocenters. The second-order valence-corrected chi connectivity index (χ2v) is 5.62. The summed E-state index contributed by atoms with van der Waals surface area (Å²) in [5, 5.41) is 0.881. The Bertz CT molecular complexity index is 631. The Morgan fingerprint density at radius 3 is 3.00 bits per heavy atom. The van der Waals surface area contributed by atoms with E-state index < -0.39 is 0 Å². The van der Waals surface area contributed by atoms with Gasteiger partial charge in [0.05, 0.1) is 5.56 Å². The van der Waals surface area contributed by atoms with Crippen LogP contribution in [0, 0.1) is 5.92 Å². The number of likely N-dealkylation sites (tertiary alicyclic amines) is 1. The second-order valence-electron chi connectivity index (χ2n) is 5.62. The zero-order chi connectivity index (χ0) is 14.1. The quantitative estimate of drug-likeness (QED) is 0.879. The molecule has 0 saturated carbocycles. The van der Waals surface area contributed by atoms with Gasteiger partial charge in [0.15, 0.2) is 0 Å². The van der Waals surface area contributed by atoms with Crippen LogP contribution in [0.3, 0.4) is 0 Å². The number of H-pyrrole nitrogens is 1. The van der Waals surface area contributed by atoms with E-state index in [1.807, 2.05) is 17.0 Å². The Morgan fingerprint density at radius 2 is 2.27 bits per heavy atom. The minimum Gasteiger partial charge on any atom is -0.345 e. The number of aromatic amines is 1. The number of fused-ring (bicyclic) bond motifs is 1. The van der Waals surface area contributed by atoms with Crippen molar-refractivity contribution in [2.24, 2.45) is 11.7 Å². The largest absolute Gasteiger partial charge is 0.345 e. The molecule has 1 amide bonds. The summed E-state index contributed by atoms with van der Waals surface area (Å²) in [6.07, 6.45) is 5.51. The molecule has 3 heterocycles. The third-order valence-corrected chi connectivity index (χ3v) is 4.19. The summed E-state index contributed by atoms with van der Waals surface area (Å²) in [6, 6.07) is 3.93. The molecule has 1 fully saturated rings. The summed E-state index contributed by atoms with van der Waals surface area (Å²) in [5.41, 5.74) is 7.30. The minimum absolute atomic E-state index is 0. The van der Waals surface area contributed by atoms with E-state index >= 15 is 0 Å². The van der Waals surface area contributed by atoms with E-state index in [1.165, 1.54) is 0 Å². The highest BCUT2D eigenvalue weighted by molar-refractivity contribution is 6.06. The van der Waals surface area contributed by atoms with Gasteiger partial charge in [-0.05, 0) is 30.9 Å². The van der Waals surface area contributed by atoms with Gasteiger partial charge in [0, 0.05) is 36.9 Å². The molecule has 1 aliphatic heterocycles. The van der Waals surface area contributed by atoms with Gasteiger partial charge in [0.25, 0.3) is 5.91 Å². The van der Waals surface area contributed by atoms with Gasteiger partial charge in [-0.15, -0.1) is 24.8 Å². The van der Waals surface area contributed by atoms with E-state index in [4.69, 9.17) is 5.73 Å². The number of pyridine rings is 1. The van der Waals surface area contributed by atoms with Gasteiger partial charge in [-0.25, -0.2) is 4.98 Å². The Hall–Kier alpha value is -1.30. The Balaban J connectivity index is 0.00000121. The number of piperidine rings is 1. The normalized spacial score (nSPS) is 21.1. The number of hydrogen-bond acceptors (Lipinski definition) is 3. The van der Waals surface area contributed by atoms with Crippen molar-refractivity contribution in [2.45, 2.75) is 25.8 Å². The molecule has 3 N–H and O–H groups in total. The number of rotatable bonds is 2. The first kappa shape index (κ1) is 18.7. The number of nitrogens with two attached hydrogens (primary N) is 1. The van der Waals surface area contributed by atoms with E-state index in [-0.39, 0.29) is 36.8 Å². The number of amides is 1. The van der Waals surface area contributed by atoms with Crippen molar-refractivity contribution in [2.75, 3.05) is 13.1 Å². The van der Waals surface area contributed by atoms with Crippen molar-refractivity contribution in [1.29, 1.82) is 0 Å². The first-order chi connectivity index (χ1) is 9.70. The van der Waals surface area contributed by atoms with Crippen LogP contribution in [0.1, 0.15) is 30.1 Å². The van der Waals surface area contributed by atoms with Crippen molar-refractivity contribution in [3.8, 4) is 0 Å². The van der Waals surface area contributed by atoms with Gasteiger partial charge >= 0.3 is 0 Å². The fourth-order valence-electron chi connectivity index (χ4n) is 3.03. The number of halogens is 2. The lowest BCUT2D eigenvalue weighted by Gasteiger charge is -2.37. The SMILES string of the molecule is CC1CCN(C(=O)c2c[nH]c3ncccc23)C(CN)C1.Cl.Cl. The fraction of sp³-hybridized carbons (Fsp3) is 0.467. The second kappa shape index (κ2) is 7.81. The van der Waals surface area contributed by atoms with E-state index in [0.29, 0.717) is 18.0 Å². The molecule has 0 aromatic carbocycles. The Labute approximate surface area is 142 Å². The minimum atomic E-state index is 0. The lowest BCUT2D eigenvalue weighted by Crippen LogP contribution is -2.49. The maximum Gasteiger partial charge on any atom is 0.256 e. The van der Waals surface area contributed by atoms with Crippen LogP contribution < -0.4 is 5.73 Å². The highest BCUT2D eigenvalue weighted by Crippen LogP contribution is 2.25. The number of hydrogen-bond donors (Lipinski definition) is 2. The maximum atomic E-state index is 12.8. The molecular formula is C15H22Cl2N4O. The zero-order valence-corrected chi connectivity index (χ0v) is 14.1. The molecule has 2 aromatic heterocycles. The fourth-order valence-corrected chi connectivity index (χ4v) is 3.03. The van der Waals surface area contributed by atoms with Gasteiger partial charge in [-0.1, -0.05) is 6.92 Å². The third-order valence-electron chi connectivity index (χ3n) is 4.19. The van der Waals surface area contributed by atoms with Crippen molar-refractivity contribution in [3.05, 3.63) is 30.1 Å². The molecule has 7 heteroatoms. The van der Waals surface area contributed by atoms with E-state index in [1.54, 1.807) is 12.4 Å². The average Bonchev–Trinajstić information content (AvgIpc) is 2.90.